The molecule has 0 spiro atoms. The second-order valence-corrected chi connectivity index (χ2v) is 8.13. The van der Waals surface area contributed by atoms with Crippen molar-refractivity contribution in [2.45, 2.75) is 26.8 Å². The molecule has 3 aromatic rings. The lowest BCUT2D eigenvalue weighted by molar-refractivity contribution is -0.392. The molecule has 0 radical (unpaired) electrons. The number of nitrogens with one attached hydrogen (secondary N) is 1. The summed E-state index contributed by atoms with van der Waals surface area (Å²) in [5, 5.41) is 26.4. The zero-order chi connectivity index (χ0) is 26.0. The first-order chi connectivity index (χ1) is 16.5. The third-order valence-electron chi connectivity index (χ3n) is 5.14. The Bertz CT molecular complexity index is 1420. The van der Waals surface area contributed by atoms with Crippen LogP contribution in [0, 0.1) is 31.9 Å². The molecule has 0 aliphatic rings. The average molecular weight is 500 g/mol. The van der Waals surface area contributed by atoms with Gasteiger partial charge >= 0.3 is 11.4 Å². The number of nitro benzene ring substituents is 2. The van der Waals surface area contributed by atoms with Gasteiger partial charge in [-0.3, -0.25) is 39.0 Å². The second-order valence-electron chi connectivity index (χ2n) is 7.77. The lowest BCUT2D eigenvalue weighted by Crippen LogP contribution is -2.30. The molecule has 12 nitrogen and oxygen atoms in total. The number of nitro groups is 2. The summed E-state index contributed by atoms with van der Waals surface area (Å²) >= 11 is 5.34. The number of methoxy groups -OCH3 is 1. The number of hydrogen-bond acceptors (Lipinski definition) is 9. The van der Waals surface area contributed by atoms with Crippen LogP contribution in [-0.2, 0) is 0 Å². The highest BCUT2D eigenvalue weighted by Crippen LogP contribution is 2.38. The van der Waals surface area contributed by atoms with Crippen molar-refractivity contribution in [2.24, 2.45) is 0 Å². The van der Waals surface area contributed by atoms with Crippen molar-refractivity contribution in [2.75, 3.05) is 12.4 Å². The Hall–Kier alpha value is -4.39. The normalized spacial score (nSPS) is 10.8. The molecular weight excluding hydrogens is 478 g/mol. The summed E-state index contributed by atoms with van der Waals surface area (Å²) in [4.78, 5) is 47.8. The van der Waals surface area contributed by atoms with Gasteiger partial charge in [0.15, 0.2) is 10.5 Å². The van der Waals surface area contributed by atoms with E-state index in [1.807, 2.05) is 0 Å². The topological polar surface area (TPSA) is 152 Å². The van der Waals surface area contributed by atoms with E-state index in [-0.39, 0.29) is 22.1 Å². The van der Waals surface area contributed by atoms with Crippen molar-refractivity contribution < 1.29 is 19.4 Å². The highest BCUT2D eigenvalue weighted by Gasteiger charge is 2.30. The van der Waals surface area contributed by atoms with Crippen LogP contribution in [0.2, 0.25) is 0 Å². The van der Waals surface area contributed by atoms with E-state index in [4.69, 9.17) is 17.0 Å². The summed E-state index contributed by atoms with van der Waals surface area (Å²) in [5.41, 5.74) is -1.99. The Morgan fingerprint density at radius 3 is 2.06 bits per heavy atom. The number of aryl methyl sites for hydroxylation is 1. The summed E-state index contributed by atoms with van der Waals surface area (Å²) in [6.45, 7) is 4.88. The summed E-state index contributed by atoms with van der Waals surface area (Å²) in [6, 6.07) is 8.93. The number of carbonyl (C=O) groups excluding carboxylic acids is 1. The molecule has 0 atom stereocenters. The van der Waals surface area contributed by atoms with Gasteiger partial charge in [0, 0.05) is 35.6 Å². The third-order valence-corrected chi connectivity index (χ3v) is 5.52. The molecule has 0 fully saturated rings. The van der Waals surface area contributed by atoms with Gasteiger partial charge in [-0.05, 0) is 57.3 Å². The van der Waals surface area contributed by atoms with E-state index in [9.17, 15) is 29.8 Å². The number of nitrogens with zero attached hydrogens (tertiary/aromatic N) is 4. The van der Waals surface area contributed by atoms with Crippen LogP contribution in [0.5, 0.6) is 5.75 Å². The van der Waals surface area contributed by atoms with Gasteiger partial charge in [-0.2, -0.15) is 0 Å². The van der Waals surface area contributed by atoms with Gasteiger partial charge in [0.2, 0.25) is 0 Å². The molecule has 1 heterocycles. The molecule has 1 N–H and O–H groups in total. The third kappa shape index (κ3) is 4.94. The van der Waals surface area contributed by atoms with E-state index in [1.165, 1.54) is 36.8 Å². The van der Waals surface area contributed by atoms with E-state index in [0.717, 1.165) is 16.7 Å². The first-order valence-corrected chi connectivity index (χ1v) is 10.6. The summed E-state index contributed by atoms with van der Waals surface area (Å²) in [7, 11) is 1.47. The smallest absolute Gasteiger partial charge is 0.300 e. The van der Waals surface area contributed by atoms with E-state index >= 15 is 0 Å². The minimum Gasteiger partial charge on any atom is -0.497 e. The van der Waals surface area contributed by atoms with Crippen molar-refractivity contribution in [3.63, 3.8) is 0 Å². The second kappa shape index (κ2) is 9.85. The van der Waals surface area contributed by atoms with Gasteiger partial charge in [0.1, 0.15) is 5.75 Å². The Morgan fingerprint density at radius 1 is 1.06 bits per heavy atom. The van der Waals surface area contributed by atoms with Crippen LogP contribution in [0.25, 0.3) is 0 Å². The molecule has 2 aromatic carbocycles. The molecule has 0 unspecified atom stereocenters. The van der Waals surface area contributed by atoms with Crippen molar-refractivity contribution in [3.05, 3.63) is 89.1 Å². The zero-order valence-electron chi connectivity index (χ0n) is 19.2. The summed E-state index contributed by atoms with van der Waals surface area (Å²) in [6.07, 6.45) is 0. The van der Waals surface area contributed by atoms with Crippen LogP contribution in [0.3, 0.4) is 0 Å². The number of anilines is 2. The molecule has 182 valence electrons. The van der Waals surface area contributed by atoms with Crippen LogP contribution in [-0.4, -0.2) is 32.0 Å². The van der Waals surface area contributed by atoms with Gasteiger partial charge < -0.3 is 10.1 Å². The van der Waals surface area contributed by atoms with Crippen molar-refractivity contribution in [1.82, 2.24) is 9.13 Å². The van der Waals surface area contributed by atoms with Crippen LogP contribution in [0.1, 0.15) is 35.9 Å². The predicted molar refractivity (Wildman–Crippen MR) is 130 cm³/mol. The van der Waals surface area contributed by atoms with Crippen molar-refractivity contribution in [1.29, 1.82) is 0 Å². The average Bonchev–Trinajstić information content (AvgIpc) is 2.78. The molecule has 0 saturated carbocycles. The van der Waals surface area contributed by atoms with Crippen LogP contribution in [0.4, 0.5) is 22.7 Å². The van der Waals surface area contributed by atoms with Gasteiger partial charge in [0.05, 0.1) is 22.5 Å². The number of hydrogen-bond donors (Lipinski definition) is 1. The van der Waals surface area contributed by atoms with Gasteiger partial charge in [-0.1, -0.05) is 0 Å². The number of ether oxygens (including phenoxy) is 1. The Balaban J connectivity index is 2.21. The lowest BCUT2D eigenvalue weighted by Gasteiger charge is -2.16. The monoisotopic (exact) mass is 499 g/mol. The van der Waals surface area contributed by atoms with E-state index in [2.05, 4.69) is 5.32 Å². The number of rotatable bonds is 7. The SMILES string of the molecule is COc1ccc(Nc2c([N+](=O)[O-])cc(C(=O)n3c(C)cc(=O)n(C(C)C)c3=S)cc2[N+](=O)[O-])cc1. The Labute approximate surface area is 203 Å². The summed E-state index contributed by atoms with van der Waals surface area (Å²) < 4.78 is 7.17. The maximum Gasteiger partial charge on any atom is 0.300 e. The standard InChI is InChI=1S/C22H21N5O7S/c1-12(2)24-19(28)9-13(3)25(22(24)35)21(29)14-10-17(26(30)31)20(18(11-14)27(32)33)23-15-5-7-16(34-4)8-6-15/h5-12,23H,1-4H3. The quantitative estimate of drug-likeness (QED) is 0.281. The summed E-state index contributed by atoms with van der Waals surface area (Å²) in [5.74, 6) is -0.320. The fraction of sp³-hybridized carbons (Fsp3) is 0.227. The number of benzene rings is 2. The molecule has 3 rings (SSSR count). The lowest BCUT2D eigenvalue weighted by atomic mass is 10.1. The molecule has 0 amide bonds. The largest absolute Gasteiger partial charge is 0.497 e. The highest BCUT2D eigenvalue weighted by molar-refractivity contribution is 7.71. The minimum atomic E-state index is -0.843. The molecule has 0 bridgehead atoms. The van der Waals surface area contributed by atoms with Crippen molar-refractivity contribution in [3.8, 4) is 5.75 Å². The first kappa shape index (κ1) is 25.2. The van der Waals surface area contributed by atoms with Gasteiger partial charge in [0.25, 0.3) is 11.5 Å². The fourth-order valence-corrected chi connectivity index (χ4v) is 4.01. The number of carbonyl (C=O) groups is 1. The zero-order valence-corrected chi connectivity index (χ0v) is 20.0. The molecule has 0 saturated heterocycles. The fourth-order valence-electron chi connectivity index (χ4n) is 3.49. The molecule has 35 heavy (non-hydrogen) atoms. The van der Waals surface area contributed by atoms with Crippen molar-refractivity contribution >= 4 is 40.9 Å². The minimum absolute atomic E-state index is 0.124. The number of aromatic nitrogens is 2. The van der Waals surface area contributed by atoms with E-state index < -0.39 is 38.4 Å². The Kier molecular flexibility index (Phi) is 7.10. The maximum atomic E-state index is 13.4. The van der Waals surface area contributed by atoms with Gasteiger partial charge in [-0.25, -0.2) is 0 Å². The first-order valence-electron chi connectivity index (χ1n) is 10.2. The van der Waals surface area contributed by atoms with E-state index in [1.54, 1.807) is 26.0 Å². The molecule has 13 heteroatoms. The Morgan fingerprint density at radius 2 is 1.60 bits per heavy atom. The van der Waals surface area contributed by atoms with Crippen LogP contribution in [0.15, 0.2) is 47.3 Å². The highest BCUT2D eigenvalue weighted by atomic mass is 32.1. The van der Waals surface area contributed by atoms with Crippen LogP contribution < -0.4 is 15.6 Å². The molecule has 0 aliphatic carbocycles. The molecular formula is C22H21N5O7S. The van der Waals surface area contributed by atoms with E-state index in [0.29, 0.717) is 11.4 Å². The maximum absolute atomic E-state index is 13.4. The van der Waals surface area contributed by atoms with Gasteiger partial charge in [-0.15, -0.1) is 0 Å². The molecule has 0 aliphatic heterocycles. The molecule has 1 aromatic heterocycles. The predicted octanol–water partition coefficient (Wildman–Crippen LogP) is 4.53. The van der Waals surface area contributed by atoms with Crippen LogP contribution >= 0.6 is 12.2 Å².